The molecule has 0 aliphatic heterocycles. The van der Waals surface area contributed by atoms with E-state index in [1.54, 1.807) is 18.2 Å². The van der Waals surface area contributed by atoms with Gasteiger partial charge in [-0.15, -0.1) is 0 Å². The van der Waals surface area contributed by atoms with Gasteiger partial charge in [0.15, 0.2) is 6.10 Å². The summed E-state index contributed by atoms with van der Waals surface area (Å²) in [6, 6.07) is 6.09. The van der Waals surface area contributed by atoms with E-state index in [0.717, 1.165) is 0 Å². The number of halogens is 3. The molecule has 1 aromatic heterocycles. The lowest BCUT2D eigenvalue weighted by Gasteiger charge is -2.14. The minimum absolute atomic E-state index is 0.108. The van der Waals surface area contributed by atoms with Crippen LogP contribution in [0.5, 0.6) is 0 Å². The van der Waals surface area contributed by atoms with Gasteiger partial charge in [0.2, 0.25) is 5.76 Å². The first-order chi connectivity index (χ1) is 9.77. The Morgan fingerprint density at radius 2 is 2.05 bits per heavy atom. The molecule has 2 aromatic rings. The van der Waals surface area contributed by atoms with E-state index in [1.165, 1.54) is 6.07 Å². The summed E-state index contributed by atoms with van der Waals surface area (Å²) < 4.78 is 41.4. The van der Waals surface area contributed by atoms with Gasteiger partial charge in [-0.3, -0.25) is 0 Å². The van der Waals surface area contributed by atoms with E-state index in [-0.39, 0.29) is 12.3 Å². The average molecular weight is 303 g/mol. The summed E-state index contributed by atoms with van der Waals surface area (Å²) in [4.78, 5) is 10.8. The van der Waals surface area contributed by atoms with Crippen molar-refractivity contribution in [3.05, 3.63) is 35.6 Å². The van der Waals surface area contributed by atoms with E-state index in [0.29, 0.717) is 16.5 Å². The van der Waals surface area contributed by atoms with Gasteiger partial charge in [0.05, 0.1) is 0 Å². The first-order valence-electron chi connectivity index (χ1n) is 5.98. The number of carboxylic acids is 1. The van der Waals surface area contributed by atoms with Gasteiger partial charge < -0.3 is 19.9 Å². The number of carboxylic acid groups (broad SMARTS) is 1. The maximum Gasteiger partial charge on any atom is 0.415 e. The highest BCUT2D eigenvalue weighted by molar-refractivity contribution is 5.91. The number of furan rings is 1. The van der Waals surface area contributed by atoms with Gasteiger partial charge in [-0.05, 0) is 23.8 Å². The van der Waals surface area contributed by atoms with E-state index in [4.69, 9.17) is 14.6 Å². The molecule has 1 aromatic carbocycles. The van der Waals surface area contributed by atoms with Crippen LogP contribution in [0.1, 0.15) is 16.1 Å². The molecule has 0 spiro atoms. The van der Waals surface area contributed by atoms with Crippen molar-refractivity contribution in [1.82, 2.24) is 5.32 Å². The number of aliphatic hydroxyl groups excluding tert-OH is 1. The molecule has 0 saturated heterocycles. The molecule has 1 heterocycles. The summed E-state index contributed by atoms with van der Waals surface area (Å²) in [5.41, 5.74) is 1.03. The van der Waals surface area contributed by atoms with Crippen LogP contribution in [0, 0.1) is 0 Å². The Labute approximate surface area is 117 Å². The third-order valence-corrected chi connectivity index (χ3v) is 2.84. The summed E-state index contributed by atoms with van der Waals surface area (Å²) in [7, 11) is 0. The average Bonchev–Trinajstić information content (AvgIpc) is 2.80. The Morgan fingerprint density at radius 1 is 1.33 bits per heavy atom. The Kier molecular flexibility index (Phi) is 4.19. The smallest absolute Gasteiger partial charge is 0.415 e. The second-order valence-corrected chi connectivity index (χ2v) is 4.48. The number of carbonyl (C=O) groups is 1. The topological polar surface area (TPSA) is 82.7 Å². The monoisotopic (exact) mass is 303 g/mol. The maximum atomic E-state index is 12.1. The molecule has 0 bridgehead atoms. The zero-order valence-corrected chi connectivity index (χ0v) is 10.6. The highest BCUT2D eigenvalue weighted by atomic mass is 19.4. The van der Waals surface area contributed by atoms with Crippen molar-refractivity contribution in [2.45, 2.75) is 18.8 Å². The molecule has 114 valence electrons. The Bertz CT molecular complexity index is 650. The van der Waals surface area contributed by atoms with Crippen molar-refractivity contribution in [3.63, 3.8) is 0 Å². The van der Waals surface area contributed by atoms with Crippen molar-refractivity contribution in [1.29, 1.82) is 0 Å². The molecular formula is C13H12F3NO4. The van der Waals surface area contributed by atoms with E-state index in [2.05, 4.69) is 5.32 Å². The van der Waals surface area contributed by atoms with Crippen LogP contribution in [0.25, 0.3) is 11.0 Å². The molecule has 2 rings (SSSR count). The first-order valence-corrected chi connectivity index (χ1v) is 5.98. The van der Waals surface area contributed by atoms with Gasteiger partial charge in [0.1, 0.15) is 5.58 Å². The van der Waals surface area contributed by atoms with E-state index < -0.39 is 24.8 Å². The maximum absolute atomic E-state index is 12.1. The zero-order chi connectivity index (χ0) is 15.6. The number of hydrogen-bond donors (Lipinski definition) is 3. The Balaban J connectivity index is 2.01. The Morgan fingerprint density at radius 3 is 2.67 bits per heavy atom. The summed E-state index contributed by atoms with van der Waals surface area (Å²) in [5, 5.41) is 20.7. The van der Waals surface area contributed by atoms with Crippen LogP contribution in [0.4, 0.5) is 13.2 Å². The molecule has 3 N–H and O–H groups in total. The lowest BCUT2D eigenvalue weighted by Crippen LogP contribution is -2.38. The molecule has 1 unspecified atom stereocenters. The van der Waals surface area contributed by atoms with E-state index >= 15 is 0 Å². The molecule has 0 radical (unpaired) electrons. The number of nitrogens with one attached hydrogen (secondary N) is 1. The van der Waals surface area contributed by atoms with Crippen LogP contribution in [-0.4, -0.2) is 35.0 Å². The fourth-order valence-electron chi connectivity index (χ4n) is 1.78. The lowest BCUT2D eigenvalue weighted by molar-refractivity contribution is -0.201. The van der Waals surface area contributed by atoms with E-state index in [1.807, 2.05) is 0 Å². The van der Waals surface area contributed by atoms with Crippen LogP contribution < -0.4 is 5.32 Å². The summed E-state index contributed by atoms with van der Waals surface area (Å²) >= 11 is 0. The SMILES string of the molecule is O=C(O)c1cc2cc(CNCC(O)C(F)(F)F)ccc2o1. The minimum atomic E-state index is -4.65. The van der Waals surface area contributed by atoms with Crippen LogP contribution in [0.2, 0.25) is 0 Å². The predicted octanol–water partition coefficient (Wildman–Crippen LogP) is 2.14. The highest BCUT2D eigenvalue weighted by Gasteiger charge is 2.37. The molecule has 8 heteroatoms. The molecule has 1 atom stereocenters. The van der Waals surface area contributed by atoms with Gasteiger partial charge in [-0.1, -0.05) is 6.07 Å². The molecule has 0 aliphatic carbocycles. The van der Waals surface area contributed by atoms with Crippen molar-refractivity contribution < 1.29 is 32.6 Å². The number of alkyl halides is 3. The largest absolute Gasteiger partial charge is 0.475 e. The normalized spacial score (nSPS) is 13.5. The number of aliphatic hydroxyl groups is 1. The lowest BCUT2D eigenvalue weighted by atomic mass is 10.1. The summed E-state index contributed by atoms with van der Waals surface area (Å²) in [6.07, 6.45) is -7.08. The quantitative estimate of drug-likeness (QED) is 0.788. The molecule has 5 nitrogen and oxygen atoms in total. The summed E-state index contributed by atoms with van der Waals surface area (Å²) in [6.45, 7) is -0.510. The third-order valence-electron chi connectivity index (χ3n) is 2.84. The van der Waals surface area contributed by atoms with Gasteiger partial charge in [-0.25, -0.2) is 4.79 Å². The number of aromatic carboxylic acids is 1. The Hall–Kier alpha value is -2.06. The van der Waals surface area contributed by atoms with Crippen molar-refractivity contribution in [2.24, 2.45) is 0 Å². The van der Waals surface area contributed by atoms with Crippen LogP contribution in [0.15, 0.2) is 28.7 Å². The second kappa shape index (κ2) is 5.74. The molecule has 0 saturated carbocycles. The van der Waals surface area contributed by atoms with Crippen molar-refractivity contribution >= 4 is 16.9 Å². The van der Waals surface area contributed by atoms with Crippen molar-refractivity contribution in [2.75, 3.05) is 6.54 Å². The van der Waals surface area contributed by atoms with Crippen LogP contribution >= 0.6 is 0 Å². The second-order valence-electron chi connectivity index (χ2n) is 4.48. The van der Waals surface area contributed by atoms with Crippen LogP contribution in [-0.2, 0) is 6.54 Å². The number of benzene rings is 1. The molecular weight excluding hydrogens is 291 g/mol. The fraction of sp³-hybridized carbons (Fsp3) is 0.308. The molecule has 21 heavy (non-hydrogen) atoms. The molecule has 0 fully saturated rings. The van der Waals surface area contributed by atoms with Crippen LogP contribution in [0.3, 0.4) is 0 Å². The number of rotatable bonds is 5. The number of hydrogen-bond acceptors (Lipinski definition) is 4. The van der Waals surface area contributed by atoms with Gasteiger partial charge in [0.25, 0.3) is 0 Å². The van der Waals surface area contributed by atoms with Gasteiger partial charge >= 0.3 is 12.1 Å². The van der Waals surface area contributed by atoms with E-state index in [9.17, 15) is 18.0 Å². The third kappa shape index (κ3) is 3.73. The zero-order valence-electron chi connectivity index (χ0n) is 10.6. The number of fused-ring (bicyclic) bond motifs is 1. The van der Waals surface area contributed by atoms with Gasteiger partial charge in [-0.2, -0.15) is 13.2 Å². The molecule has 0 aliphatic rings. The summed E-state index contributed by atoms with van der Waals surface area (Å²) in [5.74, 6) is -1.40. The van der Waals surface area contributed by atoms with Crippen molar-refractivity contribution in [3.8, 4) is 0 Å². The minimum Gasteiger partial charge on any atom is -0.475 e. The highest BCUT2D eigenvalue weighted by Crippen LogP contribution is 2.21. The standard InChI is InChI=1S/C13H12F3NO4/c14-13(15,16)11(18)6-17-5-7-1-2-9-8(3-7)4-10(21-9)12(19)20/h1-4,11,17-18H,5-6H2,(H,19,20). The first kappa shape index (κ1) is 15.3. The van der Waals surface area contributed by atoms with Gasteiger partial charge in [0, 0.05) is 18.5 Å². The molecule has 0 amide bonds. The fourth-order valence-corrected chi connectivity index (χ4v) is 1.78. The predicted molar refractivity (Wildman–Crippen MR) is 66.9 cm³/mol.